The highest BCUT2D eigenvalue weighted by Gasteiger charge is 2.49. The molecule has 1 aliphatic rings. The number of methoxy groups -OCH3 is 1. The minimum absolute atomic E-state index is 0.220. The van der Waals surface area contributed by atoms with Crippen molar-refractivity contribution in [3.8, 4) is 5.75 Å². The van der Waals surface area contributed by atoms with Gasteiger partial charge in [0, 0.05) is 5.56 Å². The van der Waals surface area contributed by atoms with Crippen LogP contribution in [0.5, 0.6) is 5.75 Å². The number of amides is 3. The van der Waals surface area contributed by atoms with Gasteiger partial charge in [-0.15, -0.1) is 0 Å². The molecule has 0 saturated carbocycles. The zero-order valence-electron chi connectivity index (χ0n) is 15.3. The molecule has 1 heterocycles. The van der Waals surface area contributed by atoms with Crippen LogP contribution in [0.25, 0.3) is 0 Å². The molecule has 0 aliphatic carbocycles. The third-order valence-electron chi connectivity index (χ3n) is 4.72. The Bertz CT molecular complexity index is 792. The number of carbonyl (C=O) groups excluding carboxylic acids is 2. The first-order valence-corrected chi connectivity index (χ1v) is 8.58. The predicted molar refractivity (Wildman–Crippen MR) is 97.6 cm³/mol. The van der Waals surface area contributed by atoms with Crippen molar-refractivity contribution in [3.63, 3.8) is 0 Å². The number of quaternary nitrogens is 1. The fourth-order valence-corrected chi connectivity index (χ4v) is 3.23. The van der Waals surface area contributed by atoms with Crippen molar-refractivity contribution in [1.82, 2.24) is 10.2 Å². The van der Waals surface area contributed by atoms with Crippen LogP contribution in [-0.2, 0) is 16.9 Å². The fraction of sp³-hybridized carbons (Fsp3) is 0.300. The molecule has 2 atom stereocenters. The number of nitrogens with zero attached hydrogens (tertiary/aromatic N) is 1. The van der Waals surface area contributed by atoms with Gasteiger partial charge in [-0.25, -0.2) is 9.69 Å². The Kier molecular flexibility index (Phi) is 4.95. The molecule has 0 spiro atoms. The van der Waals surface area contributed by atoms with Crippen LogP contribution in [0.1, 0.15) is 18.1 Å². The standard InChI is InChI=1S/C20H23N3O3/c1-20(16-7-5-4-6-8-16)18(24)23(19(25)21-20)14-22(2)13-15-9-11-17(26-3)12-10-15/h4-12H,13-14H2,1-3H3,(H,21,25)/p+1/t20-/m0/s1. The summed E-state index contributed by atoms with van der Waals surface area (Å²) in [6, 6.07) is 16.8. The summed E-state index contributed by atoms with van der Waals surface area (Å²) in [4.78, 5) is 27.7. The van der Waals surface area contributed by atoms with E-state index in [0.29, 0.717) is 13.2 Å². The second-order valence-corrected chi connectivity index (χ2v) is 6.79. The summed E-state index contributed by atoms with van der Waals surface area (Å²) in [7, 11) is 3.59. The van der Waals surface area contributed by atoms with Gasteiger partial charge in [-0.3, -0.25) is 4.79 Å². The summed E-state index contributed by atoms with van der Waals surface area (Å²) in [5.41, 5.74) is 0.883. The van der Waals surface area contributed by atoms with Gasteiger partial charge in [-0.05, 0) is 36.8 Å². The molecule has 2 aromatic rings. The summed E-state index contributed by atoms with van der Waals surface area (Å²) in [6.45, 7) is 2.75. The van der Waals surface area contributed by atoms with Gasteiger partial charge >= 0.3 is 6.03 Å². The number of urea groups is 1. The Labute approximate surface area is 153 Å². The number of imide groups is 1. The molecule has 3 rings (SSSR count). The Balaban J connectivity index is 1.69. The van der Waals surface area contributed by atoms with E-state index in [9.17, 15) is 9.59 Å². The fourth-order valence-electron chi connectivity index (χ4n) is 3.23. The third kappa shape index (κ3) is 3.41. The molecule has 6 nitrogen and oxygen atoms in total. The molecule has 1 unspecified atom stereocenters. The molecular formula is C20H24N3O3+. The largest absolute Gasteiger partial charge is 0.497 e. The van der Waals surface area contributed by atoms with E-state index in [-0.39, 0.29) is 11.9 Å². The minimum atomic E-state index is -1.02. The molecule has 2 N–H and O–H groups in total. The maximum atomic E-state index is 12.9. The predicted octanol–water partition coefficient (Wildman–Crippen LogP) is 1.13. The summed E-state index contributed by atoms with van der Waals surface area (Å²) in [5, 5.41) is 2.84. The lowest BCUT2D eigenvalue weighted by Gasteiger charge is -2.23. The van der Waals surface area contributed by atoms with Crippen molar-refractivity contribution in [2.45, 2.75) is 19.0 Å². The van der Waals surface area contributed by atoms with Crippen molar-refractivity contribution in [2.75, 3.05) is 20.8 Å². The number of rotatable bonds is 6. The smallest absolute Gasteiger partial charge is 0.329 e. The minimum Gasteiger partial charge on any atom is -0.497 e. The van der Waals surface area contributed by atoms with Gasteiger partial charge in [0.15, 0.2) is 6.67 Å². The van der Waals surface area contributed by atoms with Crippen LogP contribution in [-0.4, -0.2) is 37.7 Å². The molecular weight excluding hydrogens is 330 g/mol. The highest BCUT2D eigenvalue weighted by molar-refractivity contribution is 6.07. The maximum absolute atomic E-state index is 12.9. The van der Waals surface area contributed by atoms with E-state index in [1.165, 1.54) is 4.90 Å². The number of hydrogen-bond donors (Lipinski definition) is 2. The van der Waals surface area contributed by atoms with Crippen molar-refractivity contribution < 1.29 is 19.2 Å². The Morgan fingerprint density at radius 1 is 1.08 bits per heavy atom. The van der Waals surface area contributed by atoms with Crippen molar-refractivity contribution in [2.24, 2.45) is 0 Å². The molecule has 0 radical (unpaired) electrons. The first kappa shape index (κ1) is 17.9. The number of nitrogens with one attached hydrogen (secondary N) is 2. The van der Waals surface area contributed by atoms with Gasteiger partial charge in [0.2, 0.25) is 0 Å². The molecule has 1 fully saturated rings. The molecule has 1 saturated heterocycles. The van der Waals surface area contributed by atoms with Crippen LogP contribution in [0.2, 0.25) is 0 Å². The maximum Gasteiger partial charge on any atom is 0.329 e. The molecule has 136 valence electrons. The van der Waals surface area contributed by atoms with Gasteiger partial charge < -0.3 is 15.0 Å². The van der Waals surface area contributed by atoms with E-state index in [2.05, 4.69) is 5.32 Å². The summed E-state index contributed by atoms with van der Waals surface area (Å²) in [6.07, 6.45) is 0. The van der Waals surface area contributed by atoms with Crippen LogP contribution in [0.3, 0.4) is 0 Å². The molecule has 1 aliphatic heterocycles. The first-order chi connectivity index (χ1) is 12.4. The van der Waals surface area contributed by atoms with E-state index in [1.807, 2.05) is 61.6 Å². The van der Waals surface area contributed by atoms with Crippen LogP contribution in [0.15, 0.2) is 54.6 Å². The number of benzene rings is 2. The summed E-state index contributed by atoms with van der Waals surface area (Å²) in [5.74, 6) is 0.585. The summed E-state index contributed by atoms with van der Waals surface area (Å²) < 4.78 is 5.16. The lowest BCUT2D eigenvalue weighted by atomic mass is 9.92. The van der Waals surface area contributed by atoms with E-state index >= 15 is 0 Å². The van der Waals surface area contributed by atoms with Crippen LogP contribution >= 0.6 is 0 Å². The zero-order valence-corrected chi connectivity index (χ0v) is 15.3. The first-order valence-electron chi connectivity index (χ1n) is 8.58. The third-order valence-corrected chi connectivity index (χ3v) is 4.72. The molecule has 26 heavy (non-hydrogen) atoms. The van der Waals surface area contributed by atoms with E-state index in [4.69, 9.17) is 4.74 Å². The molecule has 6 heteroatoms. The topological polar surface area (TPSA) is 63.1 Å². The SMILES string of the molecule is COc1ccc(C[NH+](C)CN2C(=O)N[C@@](C)(c3ccccc3)C2=O)cc1. The number of carbonyl (C=O) groups is 2. The van der Waals surface area contributed by atoms with E-state index < -0.39 is 5.54 Å². The number of ether oxygens (including phenoxy) is 1. The lowest BCUT2D eigenvalue weighted by molar-refractivity contribution is -0.901. The average Bonchev–Trinajstić information content (AvgIpc) is 2.87. The van der Waals surface area contributed by atoms with Crippen LogP contribution in [0, 0.1) is 0 Å². The van der Waals surface area contributed by atoms with Crippen molar-refractivity contribution >= 4 is 11.9 Å². The zero-order chi connectivity index (χ0) is 18.7. The van der Waals surface area contributed by atoms with Gasteiger partial charge in [0.1, 0.15) is 17.8 Å². The second-order valence-electron chi connectivity index (χ2n) is 6.79. The Morgan fingerprint density at radius 3 is 2.35 bits per heavy atom. The average molecular weight is 354 g/mol. The second kappa shape index (κ2) is 7.17. The monoisotopic (exact) mass is 354 g/mol. The van der Waals surface area contributed by atoms with Crippen LogP contribution < -0.4 is 15.0 Å². The Hall–Kier alpha value is -2.86. The number of hydrogen-bond acceptors (Lipinski definition) is 3. The van der Waals surface area contributed by atoms with Gasteiger partial charge in [-0.2, -0.15) is 0 Å². The normalized spacial score (nSPS) is 20.8. The van der Waals surface area contributed by atoms with Crippen molar-refractivity contribution in [1.29, 1.82) is 0 Å². The van der Waals surface area contributed by atoms with Crippen LogP contribution in [0.4, 0.5) is 4.79 Å². The Morgan fingerprint density at radius 2 is 1.73 bits per heavy atom. The molecule has 2 aromatic carbocycles. The van der Waals surface area contributed by atoms with E-state index in [0.717, 1.165) is 21.8 Å². The lowest BCUT2D eigenvalue weighted by Crippen LogP contribution is -3.09. The summed E-state index contributed by atoms with van der Waals surface area (Å²) >= 11 is 0. The van der Waals surface area contributed by atoms with Gasteiger partial charge in [0.05, 0.1) is 14.2 Å². The molecule has 3 amide bonds. The van der Waals surface area contributed by atoms with Gasteiger partial charge in [-0.1, -0.05) is 30.3 Å². The molecule has 0 bridgehead atoms. The van der Waals surface area contributed by atoms with Gasteiger partial charge in [0.25, 0.3) is 5.91 Å². The highest BCUT2D eigenvalue weighted by Crippen LogP contribution is 2.27. The highest BCUT2D eigenvalue weighted by atomic mass is 16.5. The quantitative estimate of drug-likeness (QED) is 0.765. The molecule has 0 aromatic heterocycles. The van der Waals surface area contributed by atoms with Crippen molar-refractivity contribution in [3.05, 3.63) is 65.7 Å². The van der Waals surface area contributed by atoms with E-state index in [1.54, 1.807) is 14.0 Å².